The largest absolute Gasteiger partial charge is 0.489 e. The van der Waals surface area contributed by atoms with Gasteiger partial charge in [0.1, 0.15) is 24.1 Å². The molecule has 3 nitrogen and oxygen atoms in total. The molecule has 0 amide bonds. The number of rotatable bonds is 5. The minimum Gasteiger partial charge on any atom is -0.489 e. The van der Waals surface area contributed by atoms with Crippen molar-refractivity contribution in [2.45, 2.75) is 83.2 Å². The Labute approximate surface area is 191 Å². The lowest BCUT2D eigenvalue weighted by atomic mass is 10.1. The summed E-state index contributed by atoms with van der Waals surface area (Å²) >= 11 is 0. The van der Waals surface area contributed by atoms with Crippen LogP contribution in [-0.4, -0.2) is 41.3 Å². The summed E-state index contributed by atoms with van der Waals surface area (Å²) in [6, 6.07) is 10.6. The first-order chi connectivity index (χ1) is 14.5. The Morgan fingerprint density at radius 1 is 1.13 bits per heavy atom. The van der Waals surface area contributed by atoms with Crippen molar-refractivity contribution in [3.63, 3.8) is 0 Å². The Kier molecular flexibility index (Phi) is 7.37. The predicted molar refractivity (Wildman–Crippen MR) is 134 cm³/mol. The second-order valence-corrected chi connectivity index (χ2v) is 19.4. The molecule has 0 radical (unpaired) electrons. The van der Waals surface area contributed by atoms with Gasteiger partial charge in [-0.15, -0.1) is 5.54 Å². The van der Waals surface area contributed by atoms with Crippen LogP contribution in [0.15, 0.2) is 54.3 Å². The van der Waals surface area contributed by atoms with Crippen molar-refractivity contribution < 1.29 is 13.9 Å². The summed E-state index contributed by atoms with van der Waals surface area (Å²) in [6.07, 6.45) is 8.04. The van der Waals surface area contributed by atoms with E-state index in [0.29, 0.717) is 0 Å². The molecule has 2 heterocycles. The topological polar surface area (TPSA) is 27.7 Å². The van der Waals surface area contributed by atoms with Crippen LogP contribution in [0.5, 0.6) is 0 Å². The lowest BCUT2D eigenvalue weighted by Gasteiger charge is -2.39. The first-order valence-electron chi connectivity index (χ1n) is 11.4. The fourth-order valence-electron chi connectivity index (χ4n) is 3.65. The van der Waals surface area contributed by atoms with E-state index in [4.69, 9.17) is 13.9 Å². The molecule has 31 heavy (non-hydrogen) atoms. The molecule has 1 aromatic carbocycles. The van der Waals surface area contributed by atoms with Crippen LogP contribution in [0.25, 0.3) is 0 Å². The Morgan fingerprint density at radius 3 is 2.52 bits per heavy atom. The summed E-state index contributed by atoms with van der Waals surface area (Å²) in [5, 5.41) is 1.52. The standard InChI is InChI=1S/C26H38O3Si2/c1-26(2,3)31(6,7)29-25-22(28-23-18-19-27-24(23)25)17-13-8-9-14-20-30(4,5)21-15-11-10-12-16-21/h8-12,15-17,23-25H,13,18-19H2,1-7H3/b9-8-,22-17-/t23-,24+,25+/m0/s1. The molecule has 2 aliphatic heterocycles. The molecule has 0 aromatic heterocycles. The van der Waals surface area contributed by atoms with Crippen molar-refractivity contribution in [3.05, 3.63) is 54.3 Å². The van der Waals surface area contributed by atoms with E-state index in [1.165, 1.54) is 5.19 Å². The molecule has 0 aliphatic carbocycles. The van der Waals surface area contributed by atoms with Crippen LogP contribution in [0.1, 0.15) is 33.6 Å². The van der Waals surface area contributed by atoms with Crippen LogP contribution in [0.2, 0.25) is 31.2 Å². The molecule has 2 saturated heterocycles. The molecule has 0 bridgehead atoms. The maximum atomic E-state index is 6.74. The zero-order chi connectivity index (χ0) is 22.7. The maximum Gasteiger partial charge on any atom is 0.193 e. The van der Waals surface area contributed by atoms with Gasteiger partial charge in [-0.3, -0.25) is 0 Å². The number of hydrogen-bond donors (Lipinski definition) is 0. The highest BCUT2D eigenvalue weighted by Gasteiger charge is 2.50. The van der Waals surface area contributed by atoms with Crippen LogP contribution in [0.3, 0.4) is 0 Å². The second kappa shape index (κ2) is 9.50. The maximum absolute atomic E-state index is 6.74. The van der Waals surface area contributed by atoms with E-state index >= 15 is 0 Å². The molecule has 0 spiro atoms. The minimum absolute atomic E-state index is 0.0295. The molecule has 2 fully saturated rings. The van der Waals surface area contributed by atoms with Crippen molar-refractivity contribution in [1.29, 1.82) is 0 Å². The quantitative estimate of drug-likeness (QED) is 0.431. The van der Waals surface area contributed by atoms with Crippen molar-refractivity contribution in [2.24, 2.45) is 0 Å². The van der Waals surface area contributed by atoms with Gasteiger partial charge in [0.15, 0.2) is 16.4 Å². The fraction of sp³-hybridized carbons (Fsp3) is 0.538. The summed E-state index contributed by atoms with van der Waals surface area (Å²) < 4.78 is 19.0. The monoisotopic (exact) mass is 454 g/mol. The normalized spacial score (nSPS) is 25.4. The van der Waals surface area contributed by atoms with Crippen molar-refractivity contribution in [1.82, 2.24) is 0 Å². The van der Waals surface area contributed by atoms with E-state index in [1.54, 1.807) is 0 Å². The second-order valence-electron chi connectivity index (χ2n) is 10.6. The van der Waals surface area contributed by atoms with E-state index in [2.05, 4.69) is 101 Å². The van der Waals surface area contributed by atoms with Crippen molar-refractivity contribution >= 4 is 21.6 Å². The highest BCUT2D eigenvalue weighted by Crippen LogP contribution is 2.42. The van der Waals surface area contributed by atoms with E-state index in [-0.39, 0.29) is 23.4 Å². The van der Waals surface area contributed by atoms with Crippen LogP contribution in [0, 0.1) is 11.5 Å². The first kappa shape index (κ1) is 24.1. The van der Waals surface area contributed by atoms with E-state index in [9.17, 15) is 0 Å². The SMILES string of the molecule is CC(C)(C)[Si](C)(C)O[C@@H]1/C(=C/C/C=C\C#C[Si](C)(C)c2ccccc2)O[C@H]2CCO[C@H]21. The fourth-order valence-corrected chi connectivity index (χ4v) is 6.50. The Hall–Kier alpha value is -1.59. The summed E-state index contributed by atoms with van der Waals surface area (Å²) in [7, 11) is -3.64. The van der Waals surface area contributed by atoms with Gasteiger partial charge in [0.25, 0.3) is 0 Å². The van der Waals surface area contributed by atoms with Gasteiger partial charge in [-0.25, -0.2) is 0 Å². The van der Waals surface area contributed by atoms with Crippen molar-refractivity contribution in [2.75, 3.05) is 6.61 Å². The minimum atomic E-state index is -1.92. The van der Waals surface area contributed by atoms with E-state index in [1.807, 2.05) is 6.08 Å². The molecule has 0 N–H and O–H groups in total. The van der Waals surface area contributed by atoms with Gasteiger partial charge in [0.2, 0.25) is 0 Å². The van der Waals surface area contributed by atoms with Crippen LogP contribution < -0.4 is 5.19 Å². The predicted octanol–water partition coefficient (Wildman–Crippen LogP) is 5.55. The Morgan fingerprint density at radius 2 is 1.84 bits per heavy atom. The van der Waals surface area contributed by atoms with Crippen molar-refractivity contribution in [3.8, 4) is 11.5 Å². The third kappa shape index (κ3) is 5.81. The zero-order valence-electron chi connectivity index (χ0n) is 20.2. The van der Waals surface area contributed by atoms with Gasteiger partial charge in [-0.05, 0) is 41.9 Å². The number of hydrogen-bond acceptors (Lipinski definition) is 3. The molecular formula is C26H38O3Si2. The number of benzene rings is 1. The summed E-state index contributed by atoms with van der Waals surface area (Å²) in [5.74, 6) is 4.21. The van der Waals surface area contributed by atoms with Gasteiger partial charge >= 0.3 is 0 Å². The highest BCUT2D eigenvalue weighted by molar-refractivity contribution is 6.96. The average molecular weight is 455 g/mol. The number of ether oxygens (including phenoxy) is 2. The van der Waals surface area contributed by atoms with Gasteiger partial charge in [0.05, 0.1) is 6.61 Å². The lowest BCUT2D eigenvalue weighted by molar-refractivity contribution is 0.0283. The van der Waals surface area contributed by atoms with Crippen LogP contribution >= 0.6 is 0 Å². The molecule has 2 aliphatic rings. The summed E-state index contributed by atoms with van der Waals surface area (Å²) in [4.78, 5) is 0. The van der Waals surface area contributed by atoms with E-state index < -0.39 is 16.4 Å². The molecule has 3 atom stereocenters. The molecule has 1 aromatic rings. The molecule has 5 heteroatoms. The number of allylic oxidation sites excluding steroid dienone is 3. The first-order valence-corrected chi connectivity index (χ1v) is 17.3. The molecule has 0 unspecified atom stereocenters. The van der Waals surface area contributed by atoms with Gasteiger partial charge in [0, 0.05) is 6.42 Å². The van der Waals surface area contributed by atoms with Crippen LogP contribution in [0.4, 0.5) is 0 Å². The van der Waals surface area contributed by atoms with Gasteiger partial charge < -0.3 is 13.9 Å². The molecule has 0 saturated carbocycles. The van der Waals surface area contributed by atoms with Gasteiger partial charge in [-0.1, -0.05) is 76.2 Å². The molecule has 168 valence electrons. The number of fused-ring (bicyclic) bond motifs is 1. The Bertz CT molecular complexity index is 869. The zero-order valence-corrected chi connectivity index (χ0v) is 22.2. The lowest BCUT2D eigenvalue weighted by Crippen LogP contribution is -2.47. The van der Waals surface area contributed by atoms with E-state index in [0.717, 1.165) is 25.2 Å². The third-order valence-corrected chi connectivity index (χ3v) is 13.7. The summed E-state index contributed by atoms with van der Waals surface area (Å²) in [6.45, 7) is 16.7. The Balaban J connectivity index is 1.65. The smallest absolute Gasteiger partial charge is 0.193 e. The molecular weight excluding hydrogens is 416 g/mol. The van der Waals surface area contributed by atoms with Crippen LogP contribution in [-0.2, 0) is 13.9 Å². The highest BCUT2D eigenvalue weighted by atomic mass is 28.4. The van der Waals surface area contributed by atoms with Gasteiger partial charge in [-0.2, -0.15) is 0 Å². The average Bonchev–Trinajstić information content (AvgIpc) is 3.27. The molecule has 3 rings (SSSR count). The summed E-state index contributed by atoms with van der Waals surface area (Å²) in [5.41, 5.74) is 3.50. The third-order valence-electron chi connectivity index (χ3n) is 6.71.